The molecule has 0 aliphatic carbocycles. The van der Waals surface area contributed by atoms with Gasteiger partial charge in [-0.05, 0) is 24.6 Å². The Kier molecular flexibility index (Phi) is 3.19. The van der Waals surface area contributed by atoms with Crippen molar-refractivity contribution >= 4 is 16.5 Å². The molecule has 0 aliphatic rings. The molecule has 0 saturated carbocycles. The fourth-order valence-corrected chi connectivity index (χ4v) is 2.48. The highest BCUT2D eigenvalue weighted by Gasteiger charge is 2.07. The monoisotopic (exact) mass is 236 g/mol. The molecule has 0 amide bonds. The first kappa shape index (κ1) is 11.1. The number of anilines is 1. The molecule has 1 N–H and O–H groups in total. The smallest absolute Gasteiger partial charge is 0.182 e. The largest absolute Gasteiger partial charge is 0.365 e. The van der Waals surface area contributed by atoms with Crippen molar-refractivity contribution < 1.29 is 4.39 Å². The van der Waals surface area contributed by atoms with Crippen molar-refractivity contribution in [2.75, 3.05) is 12.4 Å². The Morgan fingerprint density at radius 1 is 1.44 bits per heavy atom. The SMILES string of the molecule is CNc1nc(C)c(Cc2cccc(F)c2)s1. The van der Waals surface area contributed by atoms with Crippen molar-refractivity contribution in [1.29, 1.82) is 0 Å². The second-order valence-electron chi connectivity index (χ2n) is 3.58. The van der Waals surface area contributed by atoms with Gasteiger partial charge < -0.3 is 5.32 Å². The number of thiazole rings is 1. The molecule has 0 bridgehead atoms. The fourth-order valence-electron chi connectivity index (χ4n) is 1.53. The lowest BCUT2D eigenvalue weighted by atomic mass is 10.1. The Morgan fingerprint density at radius 2 is 2.25 bits per heavy atom. The summed E-state index contributed by atoms with van der Waals surface area (Å²) in [7, 11) is 1.85. The summed E-state index contributed by atoms with van der Waals surface area (Å²) in [6.07, 6.45) is 0.739. The summed E-state index contributed by atoms with van der Waals surface area (Å²) in [6, 6.07) is 6.70. The molecule has 0 saturated heterocycles. The lowest BCUT2D eigenvalue weighted by Crippen LogP contribution is -1.88. The molecular weight excluding hydrogens is 223 g/mol. The molecule has 84 valence electrons. The average molecular weight is 236 g/mol. The van der Waals surface area contributed by atoms with E-state index in [4.69, 9.17) is 0 Å². The van der Waals surface area contributed by atoms with Crippen LogP contribution in [0.15, 0.2) is 24.3 Å². The average Bonchev–Trinajstić information content (AvgIpc) is 2.60. The van der Waals surface area contributed by atoms with Crippen LogP contribution in [0.25, 0.3) is 0 Å². The number of nitrogens with one attached hydrogen (secondary N) is 1. The van der Waals surface area contributed by atoms with Crippen LogP contribution in [-0.4, -0.2) is 12.0 Å². The lowest BCUT2D eigenvalue weighted by Gasteiger charge is -1.99. The maximum Gasteiger partial charge on any atom is 0.182 e. The number of hydrogen-bond donors (Lipinski definition) is 1. The topological polar surface area (TPSA) is 24.9 Å². The van der Waals surface area contributed by atoms with Crippen molar-refractivity contribution in [3.8, 4) is 0 Å². The van der Waals surface area contributed by atoms with Gasteiger partial charge in [0.25, 0.3) is 0 Å². The molecule has 2 nitrogen and oxygen atoms in total. The number of nitrogens with zero attached hydrogens (tertiary/aromatic N) is 1. The zero-order valence-corrected chi connectivity index (χ0v) is 10.1. The van der Waals surface area contributed by atoms with E-state index in [0.717, 1.165) is 22.8 Å². The van der Waals surface area contributed by atoms with E-state index in [-0.39, 0.29) is 5.82 Å². The van der Waals surface area contributed by atoms with Gasteiger partial charge in [0.05, 0.1) is 5.69 Å². The van der Waals surface area contributed by atoms with E-state index in [1.54, 1.807) is 23.5 Å². The van der Waals surface area contributed by atoms with Crippen LogP contribution in [-0.2, 0) is 6.42 Å². The summed E-state index contributed by atoms with van der Waals surface area (Å²) >= 11 is 1.62. The molecule has 4 heteroatoms. The maximum atomic E-state index is 13.0. The number of halogens is 1. The van der Waals surface area contributed by atoms with E-state index in [1.165, 1.54) is 10.9 Å². The number of hydrogen-bond acceptors (Lipinski definition) is 3. The molecule has 1 aromatic carbocycles. The third-order valence-corrected chi connectivity index (χ3v) is 3.54. The van der Waals surface area contributed by atoms with Crippen molar-refractivity contribution in [2.24, 2.45) is 0 Å². The molecule has 0 unspecified atom stereocenters. The first-order chi connectivity index (χ1) is 7.69. The molecule has 2 aromatic rings. The molecule has 0 fully saturated rings. The number of aryl methyl sites for hydroxylation is 1. The zero-order chi connectivity index (χ0) is 11.5. The standard InChI is InChI=1S/C12H13FN2S/c1-8-11(16-12(14-2)15-8)7-9-4-3-5-10(13)6-9/h3-6H,7H2,1-2H3,(H,14,15). The molecule has 0 radical (unpaired) electrons. The first-order valence-corrected chi connectivity index (χ1v) is 5.89. The van der Waals surface area contributed by atoms with Crippen LogP contribution in [0.2, 0.25) is 0 Å². The summed E-state index contributed by atoms with van der Waals surface area (Å²) in [5.74, 6) is -0.187. The molecule has 16 heavy (non-hydrogen) atoms. The van der Waals surface area contributed by atoms with E-state index >= 15 is 0 Å². The Hall–Kier alpha value is -1.42. The number of rotatable bonds is 3. The Morgan fingerprint density at radius 3 is 2.88 bits per heavy atom. The van der Waals surface area contributed by atoms with Crippen molar-refractivity contribution in [3.63, 3.8) is 0 Å². The van der Waals surface area contributed by atoms with Crippen LogP contribution in [0.4, 0.5) is 9.52 Å². The van der Waals surface area contributed by atoms with Crippen LogP contribution < -0.4 is 5.32 Å². The highest BCUT2D eigenvalue weighted by Crippen LogP contribution is 2.24. The van der Waals surface area contributed by atoms with Gasteiger partial charge >= 0.3 is 0 Å². The summed E-state index contributed by atoms with van der Waals surface area (Å²) in [5, 5.41) is 3.93. The molecule has 0 aliphatic heterocycles. The van der Waals surface area contributed by atoms with Gasteiger partial charge in [0.15, 0.2) is 5.13 Å². The van der Waals surface area contributed by atoms with E-state index < -0.39 is 0 Å². The predicted octanol–water partition coefficient (Wildman–Crippen LogP) is 3.22. The zero-order valence-electron chi connectivity index (χ0n) is 9.25. The molecule has 1 heterocycles. The summed E-state index contributed by atoms with van der Waals surface area (Å²) < 4.78 is 13.0. The first-order valence-electron chi connectivity index (χ1n) is 5.07. The van der Waals surface area contributed by atoms with Crippen molar-refractivity contribution in [1.82, 2.24) is 4.98 Å². The van der Waals surface area contributed by atoms with Gasteiger partial charge in [0.2, 0.25) is 0 Å². The van der Waals surface area contributed by atoms with Gasteiger partial charge in [-0.25, -0.2) is 9.37 Å². The van der Waals surface area contributed by atoms with E-state index in [9.17, 15) is 4.39 Å². The van der Waals surface area contributed by atoms with Crippen molar-refractivity contribution in [2.45, 2.75) is 13.3 Å². The van der Waals surface area contributed by atoms with E-state index in [2.05, 4.69) is 10.3 Å². The molecular formula is C12H13FN2S. The van der Waals surface area contributed by atoms with Gasteiger partial charge in [-0.1, -0.05) is 12.1 Å². The molecule has 0 spiro atoms. The number of benzene rings is 1. The predicted molar refractivity (Wildman–Crippen MR) is 65.6 cm³/mol. The lowest BCUT2D eigenvalue weighted by molar-refractivity contribution is 0.626. The van der Waals surface area contributed by atoms with Crippen LogP contribution >= 0.6 is 11.3 Å². The molecule has 1 aromatic heterocycles. The second kappa shape index (κ2) is 4.61. The molecule has 0 atom stereocenters. The third kappa shape index (κ3) is 2.39. The highest BCUT2D eigenvalue weighted by atomic mass is 32.1. The summed E-state index contributed by atoms with van der Waals surface area (Å²) in [6.45, 7) is 1.98. The Balaban J connectivity index is 2.23. The maximum absolute atomic E-state index is 13.0. The van der Waals surface area contributed by atoms with Gasteiger partial charge in [-0.2, -0.15) is 0 Å². The highest BCUT2D eigenvalue weighted by molar-refractivity contribution is 7.15. The number of aromatic nitrogens is 1. The summed E-state index contributed by atoms with van der Waals surface area (Å²) in [4.78, 5) is 5.54. The van der Waals surface area contributed by atoms with E-state index in [0.29, 0.717) is 0 Å². The Bertz CT molecular complexity index is 494. The van der Waals surface area contributed by atoms with Crippen molar-refractivity contribution in [3.05, 3.63) is 46.2 Å². The minimum atomic E-state index is -0.187. The minimum Gasteiger partial charge on any atom is -0.365 e. The van der Waals surface area contributed by atoms with Gasteiger partial charge in [0, 0.05) is 18.3 Å². The van der Waals surface area contributed by atoms with E-state index in [1.807, 2.05) is 20.0 Å². The quantitative estimate of drug-likeness (QED) is 0.885. The minimum absolute atomic E-state index is 0.187. The summed E-state index contributed by atoms with van der Waals surface area (Å²) in [5.41, 5.74) is 1.99. The van der Waals surface area contributed by atoms with Gasteiger partial charge in [0.1, 0.15) is 5.82 Å². The van der Waals surface area contributed by atoms with Crippen LogP contribution in [0, 0.1) is 12.7 Å². The molecule has 2 rings (SSSR count). The Labute approximate surface area is 98.2 Å². The van der Waals surface area contributed by atoms with Gasteiger partial charge in [-0.3, -0.25) is 0 Å². The third-order valence-electron chi connectivity index (χ3n) is 2.36. The van der Waals surface area contributed by atoms with Crippen LogP contribution in [0.3, 0.4) is 0 Å². The van der Waals surface area contributed by atoms with Crippen LogP contribution in [0.1, 0.15) is 16.1 Å². The normalized spacial score (nSPS) is 10.4. The van der Waals surface area contributed by atoms with Crippen LogP contribution in [0.5, 0.6) is 0 Å². The van der Waals surface area contributed by atoms with Gasteiger partial charge in [-0.15, -0.1) is 11.3 Å². The second-order valence-corrected chi connectivity index (χ2v) is 4.67. The fraction of sp³-hybridized carbons (Fsp3) is 0.250.